The number of rotatable bonds is 29. The van der Waals surface area contributed by atoms with Crippen LogP contribution in [0, 0.1) is 0 Å². The van der Waals surface area contributed by atoms with Crippen molar-refractivity contribution >= 4 is 47.8 Å². The predicted molar refractivity (Wildman–Crippen MR) is 378 cm³/mol. The fourth-order valence-corrected chi connectivity index (χ4v) is 5.76. The highest BCUT2D eigenvalue weighted by molar-refractivity contribution is 5.68. The smallest absolute Gasteiger partial charge is 0.303 e. The van der Waals surface area contributed by atoms with Crippen LogP contribution in [0.2, 0.25) is 0 Å². The SMILES string of the molecule is C.C.C.C.C.C.C=C(C)OC.CC(=O)OC(C)(C)C.CC(=O)OCC(O)CN1CCOCC1.CC(=O)OCCCCN(C)C.CC(=O)OCCCN(C)C.CC(=O)OCCN(C)C.CC(=O)OCCN(CCO)CCO.CC(=O)OCCN1CCOCC1.CC(=O)OCCO. The van der Waals surface area contributed by atoms with E-state index in [1.165, 1.54) is 55.4 Å². The molecule has 2 aliphatic rings. The van der Waals surface area contributed by atoms with Crippen LogP contribution in [0.1, 0.15) is 147 Å². The van der Waals surface area contributed by atoms with Gasteiger partial charge in [0, 0.05) is 127 Å². The van der Waals surface area contributed by atoms with Crippen molar-refractivity contribution in [2.75, 3.05) is 220 Å². The molecule has 2 rings (SSSR count). The first-order chi connectivity index (χ1) is 41.5. The third-order valence-electron chi connectivity index (χ3n) is 9.81. The maximum Gasteiger partial charge on any atom is 0.303 e. The maximum atomic E-state index is 10.5. The van der Waals surface area contributed by atoms with Crippen LogP contribution in [0.4, 0.5) is 0 Å². The average molecular weight is 1390 g/mol. The Labute approximate surface area is 577 Å². The summed E-state index contributed by atoms with van der Waals surface area (Å²) >= 11 is 0. The Morgan fingerprint density at radius 1 is 0.442 bits per heavy atom. The largest absolute Gasteiger partial charge is 0.502 e. The minimum Gasteiger partial charge on any atom is -0.502 e. The van der Waals surface area contributed by atoms with E-state index < -0.39 is 6.10 Å². The molecule has 0 aliphatic carbocycles. The second-order valence-corrected chi connectivity index (χ2v) is 21.0. The molecule has 95 heavy (non-hydrogen) atoms. The highest BCUT2D eigenvalue weighted by Crippen LogP contribution is 2.06. The maximum absolute atomic E-state index is 10.5. The highest BCUT2D eigenvalue weighted by Gasteiger charge is 2.16. The van der Waals surface area contributed by atoms with E-state index in [0.717, 1.165) is 90.6 Å². The lowest BCUT2D eigenvalue weighted by atomic mass is 10.2. The normalized spacial score (nSPS) is 11.9. The molecule has 0 spiro atoms. The lowest BCUT2D eigenvalue weighted by Gasteiger charge is -2.28. The first-order valence-corrected chi connectivity index (χ1v) is 29.6. The fraction of sp³-hybridized carbons (Fsp3) is 0.848. The van der Waals surface area contributed by atoms with Gasteiger partial charge in [0.1, 0.15) is 44.7 Å². The van der Waals surface area contributed by atoms with Crippen LogP contribution in [-0.4, -0.2) is 330 Å². The molecule has 1 unspecified atom stereocenters. The molecule has 29 heteroatoms. The Hall–Kier alpha value is -5.18. The summed E-state index contributed by atoms with van der Waals surface area (Å²) in [5, 5.41) is 34.8. The number of esters is 8. The summed E-state index contributed by atoms with van der Waals surface area (Å²) in [6.45, 7) is 36.7. The minimum atomic E-state index is -0.600. The molecular formula is C66H146N6O23. The summed E-state index contributed by atoms with van der Waals surface area (Å²) in [5.74, 6) is -1.29. The number of nitrogens with zero attached hydrogens (tertiary/aromatic N) is 6. The lowest BCUT2D eigenvalue weighted by Crippen LogP contribution is -2.42. The van der Waals surface area contributed by atoms with Crippen molar-refractivity contribution in [1.29, 1.82) is 0 Å². The number of hydrogen-bond donors (Lipinski definition) is 4. The summed E-state index contributed by atoms with van der Waals surface area (Å²) in [4.78, 5) is 94.4. The number of morpholine rings is 2. The van der Waals surface area contributed by atoms with Crippen LogP contribution >= 0.6 is 0 Å². The monoisotopic (exact) mass is 1390 g/mol. The van der Waals surface area contributed by atoms with E-state index in [-0.39, 0.29) is 131 Å². The molecule has 2 fully saturated rings. The van der Waals surface area contributed by atoms with Crippen molar-refractivity contribution < 1.29 is 111 Å². The topological polar surface area (TPSA) is 338 Å². The van der Waals surface area contributed by atoms with Crippen molar-refractivity contribution in [3.05, 3.63) is 12.3 Å². The number of aliphatic hydroxyl groups is 4. The van der Waals surface area contributed by atoms with Gasteiger partial charge in [-0.25, -0.2) is 0 Å². The number of ether oxygens (including phenoxy) is 11. The number of unbranched alkanes of at least 4 members (excludes halogenated alkanes) is 1. The number of carbonyl (C=O) groups is 8. The summed E-state index contributed by atoms with van der Waals surface area (Å²) in [5.41, 5.74) is -0.328. The summed E-state index contributed by atoms with van der Waals surface area (Å²) in [6.07, 6.45) is 2.35. The number of hydrogen-bond acceptors (Lipinski definition) is 29. The van der Waals surface area contributed by atoms with Crippen molar-refractivity contribution in [2.45, 2.75) is 159 Å². The van der Waals surface area contributed by atoms with Gasteiger partial charge in [-0.05, 0) is 95.8 Å². The Balaban J connectivity index is -0.0000000727. The van der Waals surface area contributed by atoms with Gasteiger partial charge in [0.15, 0.2) is 0 Å². The van der Waals surface area contributed by atoms with E-state index >= 15 is 0 Å². The number of methoxy groups -OCH3 is 1. The van der Waals surface area contributed by atoms with Gasteiger partial charge in [-0.2, -0.15) is 0 Å². The van der Waals surface area contributed by atoms with Crippen LogP contribution in [0.15, 0.2) is 12.3 Å². The van der Waals surface area contributed by atoms with Crippen LogP contribution in [0.5, 0.6) is 0 Å². The molecule has 578 valence electrons. The molecule has 2 aliphatic heterocycles. The molecule has 0 saturated carbocycles. The van der Waals surface area contributed by atoms with Crippen molar-refractivity contribution in [3.8, 4) is 0 Å². The molecule has 0 aromatic rings. The highest BCUT2D eigenvalue weighted by atomic mass is 16.6. The van der Waals surface area contributed by atoms with E-state index in [9.17, 15) is 43.5 Å². The summed E-state index contributed by atoms with van der Waals surface area (Å²) < 4.78 is 52.4. The van der Waals surface area contributed by atoms with Gasteiger partial charge in [-0.15, -0.1) is 0 Å². The first kappa shape index (κ1) is 120. The number of allylic oxidation sites excluding steroid dienone is 1. The molecule has 0 aromatic carbocycles. The molecule has 2 saturated heterocycles. The van der Waals surface area contributed by atoms with Gasteiger partial charge in [-0.1, -0.05) is 51.1 Å². The van der Waals surface area contributed by atoms with Gasteiger partial charge >= 0.3 is 47.8 Å². The van der Waals surface area contributed by atoms with E-state index in [1.807, 2.05) is 72.9 Å². The number of carbonyl (C=O) groups excluding carboxylic acids is 8. The Bertz CT molecular complexity index is 1710. The molecule has 4 N–H and O–H groups in total. The molecule has 0 radical (unpaired) electrons. The van der Waals surface area contributed by atoms with Gasteiger partial charge in [0.2, 0.25) is 0 Å². The van der Waals surface area contributed by atoms with Gasteiger partial charge in [0.25, 0.3) is 0 Å². The zero-order valence-corrected chi connectivity index (χ0v) is 58.0. The van der Waals surface area contributed by atoms with E-state index in [1.54, 1.807) is 14.0 Å². The van der Waals surface area contributed by atoms with Crippen LogP contribution in [0.3, 0.4) is 0 Å². The van der Waals surface area contributed by atoms with E-state index in [2.05, 4.69) is 40.4 Å². The Morgan fingerprint density at radius 2 is 0.768 bits per heavy atom. The average Bonchev–Trinajstić information content (AvgIpc) is 1.70. The number of β-amino-alcohol motifs (C(OH)–C–C–N with tert-alkyl or cyclic N) is 1. The van der Waals surface area contributed by atoms with Gasteiger partial charge < -0.3 is 87.2 Å². The van der Waals surface area contributed by atoms with Crippen molar-refractivity contribution in [2.24, 2.45) is 0 Å². The standard InChI is InChI=1S/C9H17NO4.C8H17NO4.C8H15NO3.C8H17NO2.C7H15NO2.C6H13NO2.C6H12O2.C4H8O3.C4H8O.6CH4/c1-8(11)14-7-9(12)6-10-2-4-13-5-3-10;1-8(12)13-7-4-9(2-5-10)3-6-11;1-8(10)12-7-4-9-2-5-11-6-3-9;1-8(10)11-7-5-4-6-9(2)3;1-7(9)10-6-4-5-8(2)3;1-6(8)9-5-4-7(2)3;1-5(7)8-6(2,3)4;1-4(6)7-3-2-5;1-4(2)5-3;;;;;;/h9,12H,2-7H2,1H3;10-11H,2-7H2,1H3;2-7H2,1H3;4-7H2,1-3H3;4-6H2,1-3H3;4-5H2,1-3H3;1-4H3;5H,2-3H2,1H3;1H2,2-3H3;6*1H4. The number of likely N-dealkylation sites (N-methyl/N-ethyl adjacent to an activating group) is 1. The third-order valence-corrected chi connectivity index (χ3v) is 9.81. The fourth-order valence-electron chi connectivity index (χ4n) is 5.76. The van der Waals surface area contributed by atoms with E-state index in [4.69, 9.17) is 53.2 Å². The Kier molecular flexibility index (Phi) is 110. The Morgan fingerprint density at radius 3 is 1.07 bits per heavy atom. The van der Waals surface area contributed by atoms with Crippen molar-refractivity contribution in [3.63, 3.8) is 0 Å². The zero-order chi connectivity index (χ0) is 70.0. The van der Waals surface area contributed by atoms with Crippen LogP contribution < -0.4 is 0 Å². The van der Waals surface area contributed by atoms with E-state index in [0.29, 0.717) is 72.4 Å². The number of aliphatic hydroxyl groups excluding tert-OH is 4. The van der Waals surface area contributed by atoms with Gasteiger partial charge in [0.05, 0.1) is 72.3 Å². The van der Waals surface area contributed by atoms with Crippen molar-refractivity contribution in [1.82, 2.24) is 29.4 Å². The van der Waals surface area contributed by atoms with Crippen LogP contribution in [-0.2, 0) is 90.5 Å². The first-order valence-electron chi connectivity index (χ1n) is 29.6. The quantitative estimate of drug-likeness (QED) is 0.0318. The molecule has 0 aromatic heterocycles. The summed E-state index contributed by atoms with van der Waals surface area (Å²) in [7, 11) is 13.5. The molecule has 1 atom stereocenters. The zero-order valence-electron chi connectivity index (χ0n) is 58.0. The molecule has 29 nitrogen and oxygen atoms in total. The molecule has 0 bridgehead atoms. The molecule has 2 heterocycles. The third kappa shape index (κ3) is 137. The second-order valence-electron chi connectivity index (χ2n) is 21.0. The lowest BCUT2D eigenvalue weighted by molar-refractivity contribution is -0.152. The summed E-state index contributed by atoms with van der Waals surface area (Å²) in [6, 6.07) is 0. The predicted octanol–water partition coefficient (Wildman–Crippen LogP) is 5.34. The molecular weight excluding hydrogens is 1240 g/mol. The second kappa shape index (κ2) is 86.8. The van der Waals surface area contributed by atoms with Gasteiger partial charge in [-0.3, -0.25) is 53.1 Å². The molecule has 0 amide bonds. The van der Waals surface area contributed by atoms with Crippen LogP contribution in [0.25, 0.3) is 0 Å². The minimum absolute atomic E-state index is 0.